The molecular weight excluding hydrogens is 424 g/mol. The zero-order valence-corrected chi connectivity index (χ0v) is 18.2. The number of carbonyl (C=O) groups excluding carboxylic acids is 1. The Morgan fingerprint density at radius 2 is 1.77 bits per heavy atom. The number of carbonyl (C=O) groups is 1. The van der Waals surface area contributed by atoms with Crippen molar-refractivity contribution in [1.82, 2.24) is 9.62 Å². The summed E-state index contributed by atoms with van der Waals surface area (Å²) in [5, 5.41) is 2.93. The average molecular weight is 452 g/mol. The summed E-state index contributed by atoms with van der Waals surface area (Å²) >= 11 is 0. The largest absolute Gasteiger partial charge is 0.375 e. The summed E-state index contributed by atoms with van der Waals surface area (Å²) in [4.78, 5) is 14.3. The van der Waals surface area contributed by atoms with Crippen LogP contribution in [0.15, 0.2) is 53.4 Å². The normalized spacial score (nSPS) is 15.6. The van der Waals surface area contributed by atoms with E-state index in [1.165, 1.54) is 4.31 Å². The molecular formula is C22H27F2N3O3S. The summed E-state index contributed by atoms with van der Waals surface area (Å²) in [6.45, 7) is 1.67. The number of benzene rings is 2. The van der Waals surface area contributed by atoms with Crippen molar-refractivity contribution < 1.29 is 22.0 Å². The van der Waals surface area contributed by atoms with Crippen LogP contribution in [0.1, 0.15) is 19.3 Å². The highest BCUT2D eigenvalue weighted by atomic mass is 32.2. The van der Waals surface area contributed by atoms with Crippen molar-refractivity contribution in [1.29, 1.82) is 0 Å². The molecule has 0 radical (unpaired) electrons. The van der Waals surface area contributed by atoms with E-state index in [-0.39, 0.29) is 29.8 Å². The Balaban J connectivity index is 1.43. The number of hydrogen-bond acceptors (Lipinski definition) is 4. The summed E-state index contributed by atoms with van der Waals surface area (Å²) < 4.78 is 53.0. The van der Waals surface area contributed by atoms with Gasteiger partial charge in [0.1, 0.15) is 0 Å². The lowest BCUT2D eigenvalue weighted by atomic mass is 9.97. The number of hydrogen-bond donors (Lipinski definition) is 1. The van der Waals surface area contributed by atoms with Crippen molar-refractivity contribution >= 4 is 21.6 Å². The molecule has 0 aliphatic carbocycles. The Bertz CT molecular complexity index is 994. The summed E-state index contributed by atoms with van der Waals surface area (Å²) in [5.74, 6) is -2.63. The van der Waals surface area contributed by atoms with Gasteiger partial charge in [-0.3, -0.25) is 4.79 Å². The number of rotatable bonds is 8. The fourth-order valence-corrected chi connectivity index (χ4v) is 5.11. The van der Waals surface area contributed by atoms with E-state index >= 15 is 0 Å². The first kappa shape index (κ1) is 23.1. The fourth-order valence-electron chi connectivity index (χ4n) is 3.63. The molecule has 1 fully saturated rings. The Hall–Kier alpha value is -2.52. The molecule has 168 valence electrons. The molecule has 0 aromatic heterocycles. The highest BCUT2D eigenvalue weighted by molar-refractivity contribution is 7.89. The molecule has 1 amide bonds. The maximum Gasteiger partial charge on any atom is 0.243 e. The standard InChI is InChI=1S/C22H27F2N3O3S/c1-26(18-6-3-2-4-7-18)13-5-12-25-22(28)17-10-14-27(15-11-17)31(29,30)19-8-9-20(23)21(24)16-19/h2-4,6-9,16-17H,5,10-15H2,1H3,(H,25,28). The fraction of sp³-hybridized carbons (Fsp3) is 0.409. The summed E-state index contributed by atoms with van der Waals surface area (Å²) in [7, 11) is -1.92. The highest BCUT2D eigenvalue weighted by Crippen LogP contribution is 2.25. The second kappa shape index (κ2) is 10.2. The van der Waals surface area contributed by atoms with Crippen molar-refractivity contribution in [2.75, 3.05) is 38.1 Å². The van der Waals surface area contributed by atoms with E-state index in [0.29, 0.717) is 25.5 Å². The average Bonchev–Trinajstić information content (AvgIpc) is 2.78. The molecule has 1 aliphatic rings. The molecule has 1 heterocycles. The van der Waals surface area contributed by atoms with Gasteiger partial charge in [-0.1, -0.05) is 18.2 Å². The second-order valence-electron chi connectivity index (χ2n) is 7.66. The molecule has 2 aromatic rings. The van der Waals surface area contributed by atoms with E-state index < -0.39 is 21.7 Å². The van der Waals surface area contributed by atoms with Crippen LogP contribution in [0.2, 0.25) is 0 Å². The van der Waals surface area contributed by atoms with E-state index in [0.717, 1.165) is 30.8 Å². The van der Waals surface area contributed by atoms with Gasteiger partial charge in [-0.05, 0) is 49.6 Å². The van der Waals surface area contributed by atoms with Crippen molar-refractivity contribution in [3.63, 3.8) is 0 Å². The Kier molecular flexibility index (Phi) is 7.61. The molecule has 3 rings (SSSR count). The molecule has 1 saturated heterocycles. The van der Waals surface area contributed by atoms with Crippen molar-refractivity contribution in [2.24, 2.45) is 5.92 Å². The minimum absolute atomic E-state index is 0.0766. The van der Waals surface area contributed by atoms with Crippen LogP contribution in [0, 0.1) is 17.6 Å². The van der Waals surface area contributed by atoms with E-state index in [4.69, 9.17) is 0 Å². The number of halogens is 2. The minimum atomic E-state index is -3.92. The molecule has 1 N–H and O–H groups in total. The Labute approximate surface area is 181 Å². The van der Waals surface area contributed by atoms with Gasteiger partial charge in [0.25, 0.3) is 0 Å². The summed E-state index contributed by atoms with van der Waals surface area (Å²) in [5.41, 5.74) is 1.11. The number of amides is 1. The van der Waals surface area contributed by atoms with Crippen LogP contribution in [-0.4, -0.2) is 51.9 Å². The van der Waals surface area contributed by atoms with Crippen molar-refractivity contribution in [3.05, 3.63) is 60.2 Å². The third-order valence-electron chi connectivity index (χ3n) is 5.52. The van der Waals surface area contributed by atoms with Crippen LogP contribution < -0.4 is 10.2 Å². The third kappa shape index (κ3) is 5.80. The zero-order valence-electron chi connectivity index (χ0n) is 17.4. The molecule has 0 spiro atoms. The maximum absolute atomic E-state index is 13.4. The van der Waals surface area contributed by atoms with E-state index in [1.807, 2.05) is 37.4 Å². The third-order valence-corrected chi connectivity index (χ3v) is 7.41. The number of piperidine rings is 1. The Morgan fingerprint density at radius 1 is 1.10 bits per heavy atom. The zero-order chi connectivity index (χ0) is 22.4. The SMILES string of the molecule is CN(CCCNC(=O)C1CCN(S(=O)(=O)c2ccc(F)c(F)c2)CC1)c1ccccc1. The van der Waals surface area contributed by atoms with Crippen molar-refractivity contribution in [3.8, 4) is 0 Å². The van der Waals surface area contributed by atoms with Gasteiger partial charge in [-0.25, -0.2) is 17.2 Å². The molecule has 31 heavy (non-hydrogen) atoms. The van der Waals surface area contributed by atoms with Crippen LogP contribution in [-0.2, 0) is 14.8 Å². The molecule has 0 atom stereocenters. The lowest BCUT2D eigenvalue weighted by molar-refractivity contribution is -0.126. The molecule has 9 heteroatoms. The first-order valence-corrected chi connectivity index (χ1v) is 11.7. The summed E-state index contributed by atoms with van der Waals surface area (Å²) in [6, 6.07) is 12.5. The molecule has 0 unspecified atom stereocenters. The lowest BCUT2D eigenvalue weighted by Gasteiger charge is -2.30. The van der Waals surface area contributed by atoms with Gasteiger partial charge in [0.15, 0.2) is 11.6 Å². The van der Waals surface area contributed by atoms with Gasteiger partial charge in [0.2, 0.25) is 15.9 Å². The number of anilines is 1. The molecule has 0 bridgehead atoms. The van der Waals surface area contributed by atoms with Crippen LogP contribution in [0.4, 0.5) is 14.5 Å². The van der Waals surface area contributed by atoms with Crippen LogP contribution >= 0.6 is 0 Å². The van der Waals surface area contributed by atoms with Crippen LogP contribution in [0.3, 0.4) is 0 Å². The monoisotopic (exact) mass is 451 g/mol. The van der Waals surface area contributed by atoms with Gasteiger partial charge < -0.3 is 10.2 Å². The number of para-hydroxylation sites is 1. The maximum atomic E-state index is 13.4. The van der Waals surface area contributed by atoms with Crippen molar-refractivity contribution in [2.45, 2.75) is 24.2 Å². The number of nitrogens with one attached hydrogen (secondary N) is 1. The Morgan fingerprint density at radius 3 is 2.42 bits per heavy atom. The van der Waals surface area contributed by atoms with Gasteiger partial charge in [-0.2, -0.15) is 4.31 Å². The number of nitrogens with zero attached hydrogens (tertiary/aromatic N) is 2. The van der Waals surface area contributed by atoms with Gasteiger partial charge in [0, 0.05) is 44.8 Å². The van der Waals surface area contributed by atoms with Crippen LogP contribution in [0.25, 0.3) is 0 Å². The van der Waals surface area contributed by atoms with E-state index in [2.05, 4.69) is 10.2 Å². The highest BCUT2D eigenvalue weighted by Gasteiger charge is 2.32. The van der Waals surface area contributed by atoms with Gasteiger partial charge in [0.05, 0.1) is 4.90 Å². The second-order valence-corrected chi connectivity index (χ2v) is 9.59. The first-order chi connectivity index (χ1) is 14.8. The predicted octanol–water partition coefficient (Wildman–Crippen LogP) is 3.01. The smallest absolute Gasteiger partial charge is 0.243 e. The molecule has 0 saturated carbocycles. The van der Waals surface area contributed by atoms with E-state index in [9.17, 15) is 22.0 Å². The molecule has 2 aromatic carbocycles. The lowest BCUT2D eigenvalue weighted by Crippen LogP contribution is -2.43. The first-order valence-electron chi connectivity index (χ1n) is 10.3. The van der Waals surface area contributed by atoms with Crippen LogP contribution in [0.5, 0.6) is 0 Å². The topological polar surface area (TPSA) is 69.7 Å². The summed E-state index contributed by atoms with van der Waals surface area (Å²) in [6.07, 6.45) is 1.57. The predicted molar refractivity (Wildman–Crippen MR) is 115 cm³/mol. The van der Waals surface area contributed by atoms with Gasteiger partial charge >= 0.3 is 0 Å². The minimum Gasteiger partial charge on any atom is -0.375 e. The van der Waals surface area contributed by atoms with Gasteiger partial charge in [-0.15, -0.1) is 0 Å². The van der Waals surface area contributed by atoms with E-state index in [1.54, 1.807) is 0 Å². The molecule has 1 aliphatic heterocycles. The number of sulfonamides is 1. The molecule has 6 nitrogen and oxygen atoms in total. The quantitative estimate of drug-likeness (QED) is 0.627.